The summed E-state index contributed by atoms with van der Waals surface area (Å²) < 4.78 is 18.6. The van der Waals surface area contributed by atoms with Crippen LogP contribution in [0.3, 0.4) is 0 Å². The molecule has 0 N–H and O–H groups in total. The number of halogens is 1. The molecular weight excluding hydrogens is 347 g/mol. The van der Waals surface area contributed by atoms with E-state index in [0.29, 0.717) is 52.2 Å². The topological polar surface area (TPSA) is 49.9 Å². The van der Waals surface area contributed by atoms with Crippen molar-refractivity contribution in [1.29, 1.82) is 0 Å². The van der Waals surface area contributed by atoms with Crippen LogP contribution in [0.1, 0.15) is 38.2 Å². The van der Waals surface area contributed by atoms with Crippen molar-refractivity contribution in [2.75, 3.05) is 39.4 Å². The molecule has 3 rings (SSSR count). The van der Waals surface area contributed by atoms with Crippen molar-refractivity contribution in [2.45, 2.75) is 32.6 Å². The van der Waals surface area contributed by atoms with E-state index in [2.05, 4.69) is 0 Å². The quantitative estimate of drug-likeness (QED) is 0.812. The molecule has 0 radical (unpaired) electrons. The van der Waals surface area contributed by atoms with Crippen molar-refractivity contribution >= 4 is 11.8 Å². The van der Waals surface area contributed by atoms with Gasteiger partial charge in [0.05, 0.1) is 19.1 Å². The fourth-order valence-corrected chi connectivity index (χ4v) is 4.07. The van der Waals surface area contributed by atoms with Gasteiger partial charge in [-0.1, -0.05) is 26.0 Å². The van der Waals surface area contributed by atoms with E-state index in [-0.39, 0.29) is 35.4 Å². The molecule has 27 heavy (non-hydrogen) atoms. The van der Waals surface area contributed by atoms with Gasteiger partial charge in [-0.15, -0.1) is 0 Å². The summed E-state index contributed by atoms with van der Waals surface area (Å²) in [6, 6.07) is 6.22. The predicted octanol–water partition coefficient (Wildman–Crippen LogP) is 2.66. The molecule has 5 nitrogen and oxygen atoms in total. The molecule has 0 aliphatic carbocycles. The van der Waals surface area contributed by atoms with E-state index < -0.39 is 0 Å². The number of hydrogen-bond donors (Lipinski definition) is 0. The Hall–Kier alpha value is -1.95. The van der Waals surface area contributed by atoms with Crippen molar-refractivity contribution in [2.24, 2.45) is 11.8 Å². The lowest BCUT2D eigenvalue weighted by Gasteiger charge is -2.37. The first kappa shape index (κ1) is 19.8. The number of benzene rings is 1. The molecule has 2 heterocycles. The van der Waals surface area contributed by atoms with E-state index >= 15 is 0 Å². The number of carbonyl (C=O) groups excluding carboxylic acids is 2. The summed E-state index contributed by atoms with van der Waals surface area (Å²) in [4.78, 5) is 29.5. The van der Waals surface area contributed by atoms with Crippen molar-refractivity contribution in [3.8, 4) is 0 Å². The molecule has 2 aliphatic rings. The summed E-state index contributed by atoms with van der Waals surface area (Å²) in [7, 11) is 0. The average molecular weight is 376 g/mol. The Morgan fingerprint density at radius 3 is 2.15 bits per heavy atom. The lowest BCUT2D eigenvalue weighted by atomic mass is 9.86. The van der Waals surface area contributed by atoms with Gasteiger partial charge in [0, 0.05) is 32.1 Å². The third-order valence-corrected chi connectivity index (χ3v) is 5.64. The number of piperidine rings is 1. The van der Waals surface area contributed by atoms with Crippen LogP contribution in [0.2, 0.25) is 0 Å². The summed E-state index contributed by atoms with van der Waals surface area (Å²) in [6.45, 7) is 7.78. The van der Waals surface area contributed by atoms with Crippen LogP contribution in [-0.4, -0.2) is 61.0 Å². The number of nitrogens with zero attached hydrogens (tertiary/aromatic N) is 2. The number of ether oxygens (including phenoxy) is 1. The van der Waals surface area contributed by atoms with E-state index in [4.69, 9.17) is 4.74 Å². The smallest absolute Gasteiger partial charge is 0.230 e. The molecule has 2 amide bonds. The van der Waals surface area contributed by atoms with Crippen LogP contribution in [0.25, 0.3) is 0 Å². The third kappa shape index (κ3) is 4.67. The maximum absolute atomic E-state index is 13.2. The summed E-state index contributed by atoms with van der Waals surface area (Å²) >= 11 is 0. The number of morpholine rings is 1. The fourth-order valence-electron chi connectivity index (χ4n) is 4.07. The zero-order valence-electron chi connectivity index (χ0n) is 16.2. The van der Waals surface area contributed by atoms with Gasteiger partial charge < -0.3 is 14.5 Å². The van der Waals surface area contributed by atoms with Crippen molar-refractivity contribution in [3.05, 3.63) is 35.6 Å². The van der Waals surface area contributed by atoms with Crippen molar-refractivity contribution in [3.63, 3.8) is 0 Å². The lowest BCUT2D eigenvalue weighted by Crippen LogP contribution is -2.48. The van der Waals surface area contributed by atoms with Gasteiger partial charge in [0.1, 0.15) is 5.82 Å². The van der Waals surface area contributed by atoms with Gasteiger partial charge in [-0.05, 0) is 36.5 Å². The number of rotatable bonds is 4. The fraction of sp³-hybridized carbons (Fsp3) is 0.619. The summed E-state index contributed by atoms with van der Waals surface area (Å²) in [6.07, 6.45) is 1.41. The minimum Gasteiger partial charge on any atom is -0.378 e. The van der Waals surface area contributed by atoms with Crippen LogP contribution >= 0.6 is 0 Å². The molecule has 148 valence electrons. The molecule has 2 fully saturated rings. The Balaban J connectivity index is 1.61. The second-order valence-corrected chi connectivity index (χ2v) is 7.81. The third-order valence-electron chi connectivity index (χ3n) is 5.64. The zero-order chi connectivity index (χ0) is 19.4. The second-order valence-electron chi connectivity index (χ2n) is 7.81. The highest BCUT2D eigenvalue weighted by Crippen LogP contribution is 2.29. The lowest BCUT2D eigenvalue weighted by molar-refractivity contribution is -0.144. The van der Waals surface area contributed by atoms with E-state index in [9.17, 15) is 14.0 Å². The summed E-state index contributed by atoms with van der Waals surface area (Å²) in [5, 5.41) is 0. The minimum absolute atomic E-state index is 0.00419. The maximum Gasteiger partial charge on any atom is 0.230 e. The number of carbonyl (C=O) groups is 2. The SMILES string of the molecule is CC(C)C(C(=O)N1CCC(C(=O)N2CCOCC2)CC1)c1ccc(F)cc1. The van der Waals surface area contributed by atoms with Gasteiger partial charge in [-0.2, -0.15) is 0 Å². The molecule has 0 bridgehead atoms. The number of likely N-dealkylation sites (tertiary alicyclic amines) is 1. The molecule has 1 aromatic carbocycles. The maximum atomic E-state index is 13.2. The summed E-state index contributed by atoms with van der Waals surface area (Å²) in [5.41, 5.74) is 0.850. The van der Waals surface area contributed by atoms with Crippen molar-refractivity contribution < 1.29 is 18.7 Å². The van der Waals surface area contributed by atoms with Gasteiger partial charge in [0.2, 0.25) is 11.8 Å². The van der Waals surface area contributed by atoms with Crippen LogP contribution < -0.4 is 0 Å². The summed E-state index contributed by atoms with van der Waals surface area (Å²) in [5.74, 6) is -0.183. The molecule has 0 aromatic heterocycles. The Kier molecular flexibility index (Phi) is 6.47. The zero-order valence-corrected chi connectivity index (χ0v) is 16.2. The molecule has 0 saturated carbocycles. The number of hydrogen-bond acceptors (Lipinski definition) is 3. The Morgan fingerprint density at radius 2 is 1.59 bits per heavy atom. The Bertz CT molecular complexity index is 648. The molecule has 1 aromatic rings. The molecule has 0 spiro atoms. The predicted molar refractivity (Wildman–Crippen MR) is 101 cm³/mol. The van der Waals surface area contributed by atoms with Crippen LogP contribution in [-0.2, 0) is 14.3 Å². The van der Waals surface area contributed by atoms with Gasteiger partial charge in [0.25, 0.3) is 0 Å². The van der Waals surface area contributed by atoms with E-state index in [1.54, 1.807) is 12.1 Å². The van der Waals surface area contributed by atoms with Crippen LogP contribution in [0.15, 0.2) is 24.3 Å². The van der Waals surface area contributed by atoms with E-state index in [1.807, 2.05) is 23.6 Å². The minimum atomic E-state index is -0.295. The first-order valence-corrected chi connectivity index (χ1v) is 9.88. The van der Waals surface area contributed by atoms with Crippen LogP contribution in [0, 0.1) is 17.7 Å². The molecular formula is C21H29FN2O3. The highest BCUT2D eigenvalue weighted by Gasteiger charge is 2.34. The monoisotopic (exact) mass is 376 g/mol. The van der Waals surface area contributed by atoms with Gasteiger partial charge in [-0.25, -0.2) is 4.39 Å². The van der Waals surface area contributed by atoms with Crippen LogP contribution in [0.5, 0.6) is 0 Å². The first-order valence-electron chi connectivity index (χ1n) is 9.88. The van der Waals surface area contributed by atoms with Gasteiger partial charge >= 0.3 is 0 Å². The molecule has 2 saturated heterocycles. The van der Waals surface area contributed by atoms with E-state index in [0.717, 1.165) is 5.56 Å². The average Bonchev–Trinajstić information content (AvgIpc) is 2.69. The second kappa shape index (κ2) is 8.83. The largest absolute Gasteiger partial charge is 0.378 e. The highest BCUT2D eigenvalue weighted by atomic mass is 19.1. The Labute approximate surface area is 160 Å². The van der Waals surface area contributed by atoms with Gasteiger partial charge in [-0.3, -0.25) is 9.59 Å². The van der Waals surface area contributed by atoms with Crippen molar-refractivity contribution in [1.82, 2.24) is 9.80 Å². The normalized spacial score (nSPS) is 20.0. The van der Waals surface area contributed by atoms with Gasteiger partial charge in [0.15, 0.2) is 0 Å². The first-order chi connectivity index (χ1) is 13.0. The molecule has 1 atom stereocenters. The van der Waals surface area contributed by atoms with E-state index in [1.165, 1.54) is 12.1 Å². The molecule has 2 aliphatic heterocycles. The standard InChI is InChI=1S/C21H29FN2O3/c1-15(2)19(16-3-5-18(22)6-4-16)21(26)23-9-7-17(8-10-23)20(25)24-11-13-27-14-12-24/h3-6,15,17,19H,7-14H2,1-2H3. The highest BCUT2D eigenvalue weighted by molar-refractivity contribution is 5.85. The van der Waals surface area contributed by atoms with Crippen LogP contribution in [0.4, 0.5) is 4.39 Å². The Morgan fingerprint density at radius 1 is 1.00 bits per heavy atom. The molecule has 6 heteroatoms. The number of amides is 2. The molecule has 1 unspecified atom stereocenters.